The van der Waals surface area contributed by atoms with Gasteiger partial charge < -0.3 is 14.7 Å². The van der Waals surface area contributed by atoms with E-state index in [1.165, 1.54) is 6.42 Å². The minimum atomic E-state index is -0.138. The van der Waals surface area contributed by atoms with E-state index in [0.717, 1.165) is 38.1 Å². The molecule has 1 aromatic rings. The number of hydrogen-bond acceptors (Lipinski definition) is 4. The highest BCUT2D eigenvalue weighted by Crippen LogP contribution is 2.24. The summed E-state index contributed by atoms with van der Waals surface area (Å²) in [6.45, 7) is 2.38. The summed E-state index contributed by atoms with van der Waals surface area (Å²) in [7, 11) is 2.07. The van der Waals surface area contributed by atoms with Crippen molar-refractivity contribution in [3.05, 3.63) is 29.8 Å². The van der Waals surface area contributed by atoms with Gasteiger partial charge in [-0.3, -0.25) is 0 Å². The van der Waals surface area contributed by atoms with Crippen LogP contribution in [0.5, 0.6) is 5.75 Å². The van der Waals surface area contributed by atoms with Crippen LogP contribution in [0.15, 0.2) is 24.3 Å². The Hall–Kier alpha value is -1.57. The Labute approximate surface area is 127 Å². The van der Waals surface area contributed by atoms with Gasteiger partial charge in [-0.05, 0) is 50.1 Å². The lowest BCUT2D eigenvalue weighted by Gasteiger charge is -2.31. The third kappa shape index (κ3) is 5.04. The second kappa shape index (κ2) is 8.02. The van der Waals surface area contributed by atoms with E-state index in [2.05, 4.69) is 18.0 Å². The van der Waals surface area contributed by atoms with Crippen molar-refractivity contribution in [3.8, 4) is 11.8 Å². The lowest BCUT2D eigenvalue weighted by Crippen LogP contribution is -2.36. The summed E-state index contributed by atoms with van der Waals surface area (Å²) in [5, 5.41) is 18.7. The molecule has 0 bridgehead atoms. The molecule has 1 saturated carbocycles. The van der Waals surface area contributed by atoms with E-state index >= 15 is 0 Å². The summed E-state index contributed by atoms with van der Waals surface area (Å²) in [4.78, 5) is 2.23. The molecule has 1 N–H and O–H groups in total. The molecule has 1 aliphatic carbocycles. The number of nitriles is 1. The van der Waals surface area contributed by atoms with Crippen LogP contribution in [0.3, 0.4) is 0 Å². The number of aliphatic hydroxyl groups is 1. The summed E-state index contributed by atoms with van der Waals surface area (Å²) in [5.74, 6) is 1.19. The van der Waals surface area contributed by atoms with Crippen LogP contribution in [0.4, 0.5) is 0 Å². The van der Waals surface area contributed by atoms with Gasteiger partial charge in [0.25, 0.3) is 0 Å². The van der Waals surface area contributed by atoms with Crippen LogP contribution in [0.2, 0.25) is 0 Å². The molecule has 1 aromatic carbocycles. The molecule has 2 atom stereocenters. The molecule has 0 amide bonds. The van der Waals surface area contributed by atoms with E-state index in [0.29, 0.717) is 18.1 Å². The maximum absolute atomic E-state index is 9.99. The fourth-order valence-corrected chi connectivity index (χ4v) is 2.84. The lowest BCUT2D eigenvalue weighted by atomic mass is 9.86. The quantitative estimate of drug-likeness (QED) is 0.873. The predicted molar refractivity (Wildman–Crippen MR) is 82.1 cm³/mol. The fourth-order valence-electron chi connectivity index (χ4n) is 2.84. The highest BCUT2D eigenvalue weighted by Gasteiger charge is 2.23. The molecule has 114 valence electrons. The maximum atomic E-state index is 9.99. The maximum Gasteiger partial charge on any atom is 0.119 e. The van der Waals surface area contributed by atoms with Gasteiger partial charge in [-0.25, -0.2) is 0 Å². The van der Waals surface area contributed by atoms with Gasteiger partial charge in [-0.2, -0.15) is 5.26 Å². The van der Waals surface area contributed by atoms with Crippen molar-refractivity contribution in [3.63, 3.8) is 0 Å². The molecular weight excluding hydrogens is 264 g/mol. The molecule has 1 fully saturated rings. The van der Waals surface area contributed by atoms with Gasteiger partial charge in [0.2, 0.25) is 0 Å². The first kappa shape index (κ1) is 15.8. The number of ether oxygens (including phenoxy) is 1. The van der Waals surface area contributed by atoms with E-state index in [1.54, 1.807) is 12.1 Å². The molecule has 0 saturated heterocycles. The van der Waals surface area contributed by atoms with Crippen LogP contribution in [-0.4, -0.2) is 42.9 Å². The first-order chi connectivity index (χ1) is 10.2. The largest absolute Gasteiger partial charge is 0.492 e. The summed E-state index contributed by atoms with van der Waals surface area (Å²) < 4.78 is 5.68. The molecule has 1 aliphatic rings. The SMILES string of the molecule is CN(CCOc1ccc(C#N)cc1)CC1CCCCC1O. The second-order valence-electron chi connectivity index (χ2n) is 5.86. The Morgan fingerprint density at radius 1 is 1.29 bits per heavy atom. The van der Waals surface area contributed by atoms with E-state index in [9.17, 15) is 5.11 Å². The zero-order chi connectivity index (χ0) is 15.1. The summed E-state index contributed by atoms with van der Waals surface area (Å²) in [6, 6.07) is 9.26. The van der Waals surface area contributed by atoms with Crippen molar-refractivity contribution < 1.29 is 9.84 Å². The number of rotatable bonds is 6. The van der Waals surface area contributed by atoms with Crippen LogP contribution < -0.4 is 4.74 Å². The van der Waals surface area contributed by atoms with Gasteiger partial charge in [0.15, 0.2) is 0 Å². The number of nitrogens with zero attached hydrogens (tertiary/aromatic N) is 2. The molecule has 21 heavy (non-hydrogen) atoms. The van der Waals surface area contributed by atoms with Crippen molar-refractivity contribution in [2.45, 2.75) is 31.8 Å². The standard InChI is InChI=1S/C17H24N2O2/c1-19(13-15-4-2-3-5-17(15)20)10-11-21-16-8-6-14(12-18)7-9-16/h6-9,15,17,20H,2-5,10-11,13H2,1H3. The van der Waals surface area contributed by atoms with Crippen molar-refractivity contribution in [1.82, 2.24) is 4.90 Å². The first-order valence-electron chi connectivity index (χ1n) is 7.68. The Balaban J connectivity index is 1.68. The van der Waals surface area contributed by atoms with Crippen LogP contribution in [0.25, 0.3) is 0 Å². The third-order valence-corrected chi connectivity index (χ3v) is 4.14. The van der Waals surface area contributed by atoms with Crippen LogP contribution in [0, 0.1) is 17.2 Å². The third-order valence-electron chi connectivity index (χ3n) is 4.14. The molecule has 0 heterocycles. The Morgan fingerprint density at radius 2 is 2.00 bits per heavy atom. The topological polar surface area (TPSA) is 56.5 Å². The molecule has 4 heteroatoms. The normalized spacial score (nSPS) is 22.0. The average molecular weight is 288 g/mol. The van der Waals surface area contributed by atoms with Gasteiger partial charge in [0.1, 0.15) is 12.4 Å². The van der Waals surface area contributed by atoms with Gasteiger partial charge in [0.05, 0.1) is 17.7 Å². The number of benzene rings is 1. The Morgan fingerprint density at radius 3 is 2.67 bits per heavy atom. The van der Waals surface area contributed by atoms with Crippen molar-refractivity contribution in [2.75, 3.05) is 26.7 Å². The van der Waals surface area contributed by atoms with Gasteiger partial charge in [0, 0.05) is 13.1 Å². The monoisotopic (exact) mass is 288 g/mol. The number of likely N-dealkylation sites (N-methyl/N-ethyl adjacent to an activating group) is 1. The highest BCUT2D eigenvalue weighted by atomic mass is 16.5. The number of aliphatic hydroxyl groups excluding tert-OH is 1. The average Bonchev–Trinajstić information content (AvgIpc) is 2.50. The second-order valence-corrected chi connectivity index (χ2v) is 5.86. The zero-order valence-corrected chi connectivity index (χ0v) is 12.7. The van der Waals surface area contributed by atoms with Crippen molar-refractivity contribution in [1.29, 1.82) is 5.26 Å². The van der Waals surface area contributed by atoms with Crippen molar-refractivity contribution >= 4 is 0 Å². The molecule has 2 unspecified atom stereocenters. The molecule has 0 aliphatic heterocycles. The minimum Gasteiger partial charge on any atom is -0.492 e. The van der Waals surface area contributed by atoms with E-state index in [1.807, 2.05) is 12.1 Å². The predicted octanol–water partition coefficient (Wildman–Crippen LogP) is 2.42. The summed E-state index contributed by atoms with van der Waals surface area (Å²) in [6.07, 6.45) is 4.32. The van der Waals surface area contributed by atoms with E-state index < -0.39 is 0 Å². The summed E-state index contributed by atoms with van der Waals surface area (Å²) in [5.41, 5.74) is 0.644. The first-order valence-corrected chi connectivity index (χ1v) is 7.68. The molecule has 0 radical (unpaired) electrons. The molecule has 4 nitrogen and oxygen atoms in total. The zero-order valence-electron chi connectivity index (χ0n) is 12.7. The summed E-state index contributed by atoms with van der Waals surface area (Å²) >= 11 is 0. The van der Waals surface area contributed by atoms with Crippen LogP contribution in [0.1, 0.15) is 31.2 Å². The van der Waals surface area contributed by atoms with E-state index in [-0.39, 0.29) is 6.10 Å². The molecular formula is C17H24N2O2. The highest BCUT2D eigenvalue weighted by molar-refractivity contribution is 5.34. The van der Waals surface area contributed by atoms with Crippen molar-refractivity contribution in [2.24, 2.45) is 5.92 Å². The van der Waals surface area contributed by atoms with Gasteiger partial charge in [-0.1, -0.05) is 12.8 Å². The van der Waals surface area contributed by atoms with Crippen LogP contribution >= 0.6 is 0 Å². The van der Waals surface area contributed by atoms with Gasteiger partial charge in [-0.15, -0.1) is 0 Å². The Bertz CT molecular complexity index is 467. The lowest BCUT2D eigenvalue weighted by molar-refractivity contribution is 0.0492. The smallest absolute Gasteiger partial charge is 0.119 e. The fraction of sp³-hybridized carbons (Fsp3) is 0.588. The van der Waals surface area contributed by atoms with E-state index in [4.69, 9.17) is 10.00 Å². The van der Waals surface area contributed by atoms with Gasteiger partial charge >= 0.3 is 0 Å². The number of hydrogen-bond donors (Lipinski definition) is 1. The molecule has 0 aromatic heterocycles. The molecule has 0 spiro atoms. The molecule has 2 rings (SSSR count). The minimum absolute atomic E-state index is 0.138. The Kier molecular flexibility index (Phi) is 6.04. The van der Waals surface area contributed by atoms with Crippen LogP contribution in [-0.2, 0) is 0 Å².